The van der Waals surface area contributed by atoms with Crippen LogP contribution in [0.4, 0.5) is 0 Å². The quantitative estimate of drug-likeness (QED) is 0.273. The maximum absolute atomic E-state index is 12.0. The molecule has 0 bridgehead atoms. The van der Waals surface area contributed by atoms with Crippen molar-refractivity contribution < 1.29 is 10.2 Å². The number of phenolic OH excluding ortho intramolecular Hbond substituents is 2. The van der Waals surface area contributed by atoms with Crippen LogP contribution in [0.1, 0.15) is 11.1 Å². The van der Waals surface area contributed by atoms with Crippen molar-refractivity contribution in [3.8, 4) is 44.9 Å². The fourth-order valence-electron chi connectivity index (χ4n) is 5.43. The molecule has 6 aromatic carbocycles. The summed E-state index contributed by atoms with van der Waals surface area (Å²) in [5.74, 6) is 0.370. The lowest BCUT2D eigenvalue weighted by Crippen LogP contribution is -1.95. The third-order valence-corrected chi connectivity index (χ3v) is 7.12. The fraction of sp³-hybridized carbons (Fsp3) is 0.0588. The van der Waals surface area contributed by atoms with E-state index in [4.69, 9.17) is 0 Å². The molecule has 0 aliphatic heterocycles. The number of fused-ring (bicyclic) bond motifs is 2. The summed E-state index contributed by atoms with van der Waals surface area (Å²) in [6.07, 6.45) is 0. The smallest absolute Gasteiger partial charge is 0.132 e. The first-order valence-electron chi connectivity index (χ1n) is 12.2. The van der Waals surface area contributed by atoms with Gasteiger partial charge in [-0.1, -0.05) is 97.1 Å². The van der Waals surface area contributed by atoms with Gasteiger partial charge >= 0.3 is 0 Å². The molecule has 0 spiro atoms. The van der Waals surface area contributed by atoms with E-state index < -0.39 is 0 Å². The van der Waals surface area contributed by atoms with E-state index in [1.54, 1.807) is 0 Å². The van der Waals surface area contributed by atoms with Crippen LogP contribution in [0, 0.1) is 13.8 Å². The average Bonchev–Trinajstić information content (AvgIpc) is 2.90. The predicted octanol–water partition coefficient (Wildman–Crippen LogP) is 9.02. The Labute approximate surface area is 210 Å². The summed E-state index contributed by atoms with van der Waals surface area (Å²) in [4.78, 5) is 0. The molecule has 0 radical (unpaired) electrons. The Morgan fingerprint density at radius 1 is 0.444 bits per heavy atom. The van der Waals surface area contributed by atoms with Crippen molar-refractivity contribution in [3.63, 3.8) is 0 Å². The van der Waals surface area contributed by atoms with Crippen molar-refractivity contribution in [3.05, 3.63) is 120 Å². The lowest BCUT2D eigenvalue weighted by atomic mass is 9.83. The largest absolute Gasteiger partial charge is 0.507 e. The van der Waals surface area contributed by atoms with Gasteiger partial charge in [-0.3, -0.25) is 0 Å². The van der Waals surface area contributed by atoms with Gasteiger partial charge in [0, 0.05) is 21.9 Å². The molecule has 0 heterocycles. The number of hydrogen-bond donors (Lipinski definition) is 2. The Morgan fingerprint density at radius 3 is 1.22 bits per heavy atom. The topological polar surface area (TPSA) is 40.5 Å². The van der Waals surface area contributed by atoms with Crippen LogP contribution in [0.25, 0.3) is 54.9 Å². The summed E-state index contributed by atoms with van der Waals surface area (Å²) in [6, 6.07) is 36.5. The van der Waals surface area contributed by atoms with Crippen LogP contribution in [-0.4, -0.2) is 10.2 Å². The molecule has 0 atom stereocenters. The number of benzene rings is 6. The molecule has 0 unspecified atom stereocenters. The molecular formula is C34H26O2. The third kappa shape index (κ3) is 3.42. The number of aromatic hydroxyl groups is 2. The van der Waals surface area contributed by atoms with Crippen LogP contribution in [-0.2, 0) is 0 Å². The Balaban J connectivity index is 1.85. The number of phenols is 2. The van der Waals surface area contributed by atoms with E-state index >= 15 is 0 Å². The molecule has 174 valence electrons. The lowest BCUT2D eigenvalue weighted by molar-refractivity contribution is 0.475. The molecule has 6 aromatic rings. The molecule has 0 saturated carbocycles. The van der Waals surface area contributed by atoms with Crippen LogP contribution in [0.3, 0.4) is 0 Å². The van der Waals surface area contributed by atoms with Gasteiger partial charge in [-0.2, -0.15) is 0 Å². The van der Waals surface area contributed by atoms with Gasteiger partial charge in [0.2, 0.25) is 0 Å². The molecule has 0 amide bonds. The van der Waals surface area contributed by atoms with Crippen molar-refractivity contribution in [1.29, 1.82) is 0 Å². The highest BCUT2D eigenvalue weighted by atomic mass is 16.3. The highest BCUT2D eigenvalue weighted by Gasteiger charge is 2.25. The normalized spacial score (nSPS) is 11.3. The minimum Gasteiger partial charge on any atom is -0.507 e. The van der Waals surface area contributed by atoms with E-state index in [1.807, 2.05) is 111 Å². The maximum atomic E-state index is 12.0. The van der Waals surface area contributed by atoms with Gasteiger partial charge < -0.3 is 10.2 Å². The number of hydrogen-bond acceptors (Lipinski definition) is 2. The summed E-state index contributed by atoms with van der Waals surface area (Å²) in [5, 5.41) is 27.4. The summed E-state index contributed by atoms with van der Waals surface area (Å²) in [5.41, 5.74) is 6.99. The lowest BCUT2D eigenvalue weighted by Gasteiger charge is -2.21. The molecular weight excluding hydrogens is 440 g/mol. The molecule has 2 heteroatoms. The predicted molar refractivity (Wildman–Crippen MR) is 151 cm³/mol. The van der Waals surface area contributed by atoms with Gasteiger partial charge in [0.05, 0.1) is 0 Å². The summed E-state index contributed by atoms with van der Waals surface area (Å²) >= 11 is 0. The van der Waals surface area contributed by atoms with Gasteiger partial charge in [-0.15, -0.1) is 0 Å². The van der Waals surface area contributed by atoms with Crippen LogP contribution < -0.4 is 0 Å². The minimum atomic E-state index is 0.185. The fourth-order valence-corrected chi connectivity index (χ4v) is 5.43. The Morgan fingerprint density at radius 2 is 0.833 bits per heavy atom. The first-order valence-corrected chi connectivity index (χ1v) is 12.2. The van der Waals surface area contributed by atoms with E-state index in [-0.39, 0.29) is 11.5 Å². The Hall–Kier alpha value is -4.56. The van der Waals surface area contributed by atoms with Gasteiger partial charge in [0.15, 0.2) is 0 Å². The summed E-state index contributed by atoms with van der Waals surface area (Å²) in [6.45, 7) is 4.02. The molecule has 0 aliphatic carbocycles. The van der Waals surface area contributed by atoms with E-state index in [0.29, 0.717) is 11.1 Å². The molecule has 0 fully saturated rings. The van der Waals surface area contributed by atoms with Crippen LogP contribution in [0.5, 0.6) is 11.5 Å². The molecule has 0 aliphatic rings. The van der Waals surface area contributed by atoms with Gasteiger partial charge in [0.25, 0.3) is 0 Å². The SMILES string of the molecule is Cc1cccc2cc(-c3ccccc3)c(-c3c(-c4ccccc4)cc4cccc(C)c4c3O)c(O)c12. The zero-order valence-corrected chi connectivity index (χ0v) is 20.3. The molecule has 0 aromatic heterocycles. The zero-order chi connectivity index (χ0) is 24.8. The summed E-state index contributed by atoms with van der Waals surface area (Å²) in [7, 11) is 0. The zero-order valence-electron chi connectivity index (χ0n) is 20.3. The third-order valence-electron chi connectivity index (χ3n) is 7.12. The maximum Gasteiger partial charge on any atom is 0.132 e. The summed E-state index contributed by atoms with van der Waals surface area (Å²) < 4.78 is 0. The highest BCUT2D eigenvalue weighted by molar-refractivity contribution is 6.11. The van der Waals surface area contributed by atoms with Crippen LogP contribution >= 0.6 is 0 Å². The van der Waals surface area contributed by atoms with Gasteiger partial charge in [-0.25, -0.2) is 0 Å². The second kappa shape index (κ2) is 8.58. The number of aryl methyl sites for hydroxylation is 2. The van der Waals surface area contributed by atoms with Crippen LogP contribution in [0.15, 0.2) is 109 Å². The van der Waals surface area contributed by atoms with E-state index in [9.17, 15) is 10.2 Å². The first-order chi connectivity index (χ1) is 17.5. The van der Waals surface area contributed by atoms with Crippen molar-refractivity contribution in [1.82, 2.24) is 0 Å². The minimum absolute atomic E-state index is 0.185. The van der Waals surface area contributed by atoms with Crippen LogP contribution in [0.2, 0.25) is 0 Å². The molecule has 0 saturated heterocycles. The highest BCUT2D eigenvalue weighted by Crippen LogP contribution is 2.52. The second-order valence-corrected chi connectivity index (χ2v) is 9.37. The van der Waals surface area contributed by atoms with Crippen molar-refractivity contribution in [2.24, 2.45) is 0 Å². The van der Waals surface area contributed by atoms with E-state index in [2.05, 4.69) is 12.1 Å². The standard InChI is InChI=1S/C34H26O2/c1-21-11-9-17-25-19-27(23-13-5-3-6-14-23)31(33(35)29(21)25)32-28(24-15-7-4-8-16-24)20-26-18-10-12-22(2)30(26)34(32)36/h3-20,35-36H,1-2H3. The van der Waals surface area contributed by atoms with Crippen molar-refractivity contribution >= 4 is 21.5 Å². The molecule has 6 rings (SSSR count). The van der Waals surface area contributed by atoms with E-state index in [1.165, 1.54) is 0 Å². The van der Waals surface area contributed by atoms with E-state index in [0.717, 1.165) is 54.9 Å². The van der Waals surface area contributed by atoms with Gasteiger partial charge in [0.1, 0.15) is 11.5 Å². The van der Waals surface area contributed by atoms with Crippen molar-refractivity contribution in [2.45, 2.75) is 13.8 Å². The molecule has 36 heavy (non-hydrogen) atoms. The monoisotopic (exact) mass is 466 g/mol. The molecule has 2 N–H and O–H groups in total. The average molecular weight is 467 g/mol. The first kappa shape index (κ1) is 21.9. The Kier molecular flexibility index (Phi) is 5.23. The van der Waals surface area contributed by atoms with Crippen molar-refractivity contribution in [2.75, 3.05) is 0 Å². The second-order valence-electron chi connectivity index (χ2n) is 9.37. The molecule has 2 nitrogen and oxygen atoms in total. The Bertz CT molecular complexity index is 1620. The van der Waals surface area contributed by atoms with Gasteiger partial charge in [-0.05, 0) is 70.1 Å². The number of rotatable bonds is 3.